The fourth-order valence-electron chi connectivity index (χ4n) is 2.86. The van der Waals surface area contributed by atoms with Crippen LogP contribution in [-0.4, -0.2) is 23.5 Å². The van der Waals surface area contributed by atoms with E-state index in [9.17, 15) is 4.79 Å². The second-order valence-electron chi connectivity index (χ2n) is 6.06. The van der Waals surface area contributed by atoms with Crippen molar-refractivity contribution in [1.29, 1.82) is 0 Å². The topological polar surface area (TPSA) is 80.0 Å². The van der Waals surface area contributed by atoms with Crippen LogP contribution in [0.5, 0.6) is 0 Å². The molecule has 1 aliphatic rings. The van der Waals surface area contributed by atoms with Gasteiger partial charge in [0.1, 0.15) is 5.82 Å². The van der Waals surface area contributed by atoms with E-state index >= 15 is 0 Å². The third-order valence-electron chi connectivity index (χ3n) is 4.11. The average molecular weight is 304 g/mol. The Labute approximate surface area is 133 Å². The van der Waals surface area contributed by atoms with Crippen molar-refractivity contribution < 1.29 is 4.79 Å². The molecule has 1 fully saturated rings. The molecule has 1 saturated carbocycles. The van der Waals surface area contributed by atoms with E-state index in [-0.39, 0.29) is 5.91 Å². The third kappa shape index (κ3) is 6.02. The Morgan fingerprint density at radius 2 is 1.91 bits per heavy atom. The molecule has 1 heterocycles. The molecule has 1 aliphatic carbocycles. The molecule has 0 aromatic carbocycles. The largest absolute Gasteiger partial charge is 0.381 e. The van der Waals surface area contributed by atoms with Crippen LogP contribution in [0.1, 0.15) is 57.8 Å². The van der Waals surface area contributed by atoms with Gasteiger partial charge in [-0.25, -0.2) is 4.98 Å². The van der Waals surface area contributed by atoms with Gasteiger partial charge < -0.3 is 16.4 Å². The number of nitrogens with zero attached hydrogens (tertiary/aromatic N) is 1. The summed E-state index contributed by atoms with van der Waals surface area (Å²) in [5.74, 6) is 0.573. The van der Waals surface area contributed by atoms with Crippen molar-refractivity contribution in [2.45, 2.75) is 63.8 Å². The lowest BCUT2D eigenvalue weighted by Gasteiger charge is -2.22. The number of amides is 1. The smallest absolute Gasteiger partial charge is 0.225 e. The minimum atomic E-state index is -0.0290. The zero-order chi connectivity index (χ0) is 15.6. The standard InChI is InChI=1S/C17H28N4O/c18-12-6-9-17(22)21-16-11-10-15(13-19-16)20-14-7-4-2-1-3-5-8-14/h10-11,13-14,20H,1-9,12,18H2,(H,19,21,22). The van der Waals surface area contributed by atoms with Crippen LogP contribution in [0.15, 0.2) is 18.3 Å². The summed E-state index contributed by atoms with van der Waals surface area (Å²) < 4.78 is 0. The SMILES string of the molecule is NCCCC(=O)Nc1ccc(NC2CCCCCCC2)cn1. The van der Waals surface area contributed by atoms with Crippen LogP contribution >= 0.6 is 0 Å². The van der Waals surface area contributed by atoms with Crippen LogP contribution in [0.4, 0.5) is 11.5 Å². The van der Waals surface area contributed by atoms with Crippen LogP contribution < -0.4 is 16.4 Å². The summed E-state index contributed by atoms with van der Waals surface area (Å²) in [6.07, 6.45) is 12.1. The number of nitrogens with two attached hydrogens (primary N) is 1. The quantitative estimate of drug-likeness (QED) is 0.753. The van der Waals surface area contributed by atoms with Crippen LogP contribution in [0.2, 0.25) is 0 Å². The molecule has 0 atom stereocenters. The zero-order valence-corrected chi connectivity index (χ0v) is 13.3. The van der Waals surface area contributed by atoms with E-state index in [0.29, 0.717) is 31.2 Å². The molecule has 0 unspecified atom stereocenters. The normalized spacial score (nSPS) is 16.6. The second-order valence-corrected chi connectivity index (χ2v) is 6.06. The molecule has 0 spiro atoms. The highest BCUT2D eigenvalue weighted by atomic mass is 16.1. The van der Waals surface area contributed by atoms with E-state index in [1.54, 1.807) is 6.20 Å². The van der Waals surface area contributed by atoms with Crippen molar-refractivity contribution in [3.05, 3.63) is 18.3 Å². The molecular formula is C17H28N4O. The van der Waals surface area contributed by atoms with Gasteiger partial charge in [-0.05, 0) is 37.9 Å². The van der Waals surface area contributed by atoms with Crippen molar-refractivity contribution >= 4 is 17.4 Å². The monoisotopic (exact) mass is 304 g/mol. The Hall–Kier alpha value is -1.62. The highest BCUT2D eigenvalue weighted by Crippen LogP contribution is 2.21. The van der Waals surface area contributed by atoms with Gasteiger partial charge in [0.25, 0.3) is 0 Å². The number of nitrogens with one attached hydrogen (secondary N) is 2. The van der Waals surface area contributed by atoms with Gasteiger partial charge in [0.05, 0.1) is 11.9 Å². The average Bonchev–Trinajstić information content (AvgIpc) is 2.49. The van der Waals surface area contributed by atoms with Gasteiger partial charge in [0.2, 0.25) is 5.91 Å². The summed E-state index contributed by atoms with van der Waals surface area (Å²) in [7, 11) is 0. The van der Waals surface area contributed by atoms with Crippen molar-refractivity contribution in [2.24, 2.45) is 5.73 Å². The Morgan fingerprint density at radius 1 is 1.18 bits per heavy atom. The molecule has 0 radical (unpaired) electrons. The van der Waals surface area contributed by atoms with Crippen LogP contribution in [0, 0.1) is 0 Å². The van der Waals surface area contributed by atoms with Gasteiger partial charge in [-0.2, -0.15) is 0 Å². The van der Waals surface area contributed by atoms with Crippen molar-refractivity contribution in [3.8, 4) is 0 Å². The van der Waals surface area contributed by atoms with E-state index < -0.39 is 0 Å². The first-order valence-electron chi connectivity index (χ1n) is 8.50. The lowest BCUT2D eigenvalue weighted by molar-refractivity contribution is -0.116. The van der Waals surface area contributed by atoms with Gasteiger partial charge in [-0.1, -0.05) is 32.1 Å². The highest BCUT2D eigenvalue weighted by molar-refractivity contribution is 5.89. The number of aromatic nitrogens is 1. The zero-order valence-electron chi connectivity index (χ0n) is 13.3. The van der Waals surface area contributed by atoms with Crippen molar-refractivity contribution in [1.82, 2.24) is 4.98 Å². The number of hydrogen-bond acceptors (Lipinski definition) is 4. The molecule has 22 heavy (non-hydrogen) atoms. The summed E-state index contributed by atoms with van der Waals surface area (Å²) >= 11 is 0. The van der Waals surface area contributed by atoms with E-state index in [1.165, 1.54) is 44.9 Å². The molecule has 122 valence electrons. The predicted octanol–water partition coefficient (Wildman–Crippen LogP) is 3.28. The molecule has 4 N–H and O–H groups in total. The molecule has 2 rings (SSSR count). The Balaban J connectivity index is 1.81. The molecule has 0 saturated heterocycles. The fraction of sp³-hybridized carbons (Fsp3) is 0.647. The van der Waals surface area contributed by atoms with E-state index in [2.05, 4.69) is 15.6 Å². The van der Waals surface area contributed by atoms with Crippen LogP contribution in [0.3, 0.4) is 0 Å². The molecule has 1 amide bonds. The molecular weight excluding hydrogens is 276 g/mol. The van der Waals surface area contributed by atoms with Crippen molar-refractivity contribution in [2.75, 3.05) is 17.2 Å². The predicted molar refractivity (Wildman–Crippen MR) is 90.9 cm³/mol. The minimum absolute atomic E-state index is 0.0290. The number of pyridine rings is 1. The van der Waals surface area contributed by atoms with Gasteiger partial charge in [-0.15, -0.1) is 0 Å². The van der Waals surface area contributed by atoms with Crippen molar-refractivity contribution in [3.63, 3.8) is 0 Å². The molecule has 0 bridgehead atoms. The second kappa shape index (κ2) is 9.41. The molecule has 0 aliphatic heterocycles. The van der Waals surface area contributed by atoms with Crippen LogP contribution in [-0.2, 0) is 4.79 Å². The molecule has 5 heteroatoms. The Morgan fingerprint density at radius 3 is 2.55 bits per heavy atom. The first-order valence-corrected chi connectivity index (χ1v) is 8.50. The Bertz CT molecular complexity index is 438. The summed E-state index contributed by atoms with van der Waals surface area (Å²) in [5, 5.41) is 6.36. The number of hydrogen-bond donors (Lipinski definition) is 3. The number of anilines is 2. The number of carbonyl (C=O) groups excluding carboxylic acids is 1. The lowest BCUT2D eigenvalue weighted by atomic mass is 9.96. The first-order chi connectivity index (χ1) is 10.8. The maximum atomic E-state index is 11.6. The third-order valence-corrected chi connectivity index (χ3v) is 4.11. The number of carbonyl (C=O) groups is 1. The molecule has 5 nitrogen and oxygen atoms in total. The van der Waals surface area contributed by atoms with E-state index in [4.69, 9.17) is 5.73 Å². The molecule has 1 aromatic heterocycles. The van der Waals surface area contributed by atoms with E-state index in [0.717, 1.165) is 5.69 Å². The van der Waals surface area contributed by atoms with Crippen LogP contribution in [0.25, 0.3) is 0 Å². The summed E-state index contributed by atoms with van der Waals surface area (Å²) in [5.41, 5.74) is 6.43. The first kappa shape index (κ1) is 16.7. The fourth-order valence-corrected chi connectivity index (χ4v) is 2.86. The lowest BCUT2D eigenvalue weighted by Crippen LogP contribution is -2.20. The Kier molecular flexibility index (Phi) is 7.16. The summed E-state index contributed by atoms with van der Waals surface area (Å²) in [4.78, 5) is 15.9. The summed E-state index contributed by atoms with van der Waals surface area (Å²) in [6.45, 7) is 0.533. The maximum Gasteiger partial charge on any atom is 0.225 e. The van der Waals surface area contributed by atoms with Gasteiger partial charge in [-0.3, -0.25) is 4.79 Å². The van der Waals surface area contributed by atoms with Gasteiger partial charge >= 0.3 is 0 Å². The highest BCUT2D eigenvalue weighted by Gasteiger charge is 2.11. The number of rotatable bonds is 6. The van der Waals surface area contributed by atoms with E-state index in [1.807, 2.05) is 12.1 Å². The maximum absolute atomic E-state index is 11.6. The minimum Gasteiger partial charge on any atom is -0.381 e. The molecule has 1 aromatic rings. The van der Waals surface area contributed by atoms with Gasteiger partial charge in [0.15, 0.2) is 0 Å². The summed E-state index contributed by atoms with van der Waals surface area (Å²) in [6, 6.07) is 4.39. The van der Waals surface area contributed by atoms with Gasteiger partial charge in [0, 0.05) is 12.5 Å².